The Morgan fingerprint density at radius 1 is 1.27 bits per heavy atom. The maximum atomic E-state index is 3.47. The molecule has 1 N–H and O–H groups in total. The van der Waals surface area contributed by atoms with Gasteiger partial charge in [0.2, 0.25) is 0 Å². The van der Waals surface area contributed by atoms with E-state index in [9.17, 15) is 0 Å². The van der Waals surface area contributed by atoms with Gasteiger partial charge in [-0.1, -0.05) is 34.6 Å². The Bertz CT molecular complexity index is 108. The van der Waals surface area contributed by atoms with Crippen LogP contribution in [0, 0.1) is 5.92 Å². The molecule has 0 aromatic rings. The summed E-state index contributed by atoms with van der Waals surface area (Å²) in [6.45, 7) is 12.4. The minimum absolute atomic E-state index is 0.421. The Labute approximate surface area is 72.4 Å². The summed E-state index contributed by atoms with van der Waals surface area (Å²) >= 11 is 0. The third kappa shape index (κ3) is 4.46. The van der Waals surface area contributed by atoms with Crippen LogP contribution in [-0.4, -0.2) is 20.4 Å². The van der Waals surface area contributed by atoms with Crippen molar-refractivity contribution in [3.63, 3.8) is 0 Å². The van der Waals surface area contributed by atoms with E-state index in [0.29, 0.717) is 11.4 Å². The molecule has 0 amide bonds. The van der Waals surface area contributed by atoms with Crippen molar-refractivity contribution in [1.82, 2.24) is 5.32 Å². The summed E-state index contributed by atoms with van der Waals surface area (Å²) in [7, 11) is 2.31. The fraction of sp³-hybridized carbons (Fsp3) is 1.00. The molecule has 0 fully saturated rings. The van der Waals surface area contributed by atoms with Crippen LogP contribution in [0.3, 0.4) is 0 Å². The van der Waals surface area contributed by atoms with Crippen LogP contribution in [-0.2, 0) is 0 Å². The molecule has 66 valence electrons. The van der Waals surface area contributed by atoms with Gasteiger partial charge in [0.05, 0.1) is 0 Å². The van der Waals surface area contributed by atoms with E-state index in [0.717, 1.165) is 12.5 Å². The van der Waals surface area contributed by atoms with Gasteiger partial charge in [-0.15, -0.1) is 0 Å². The Hall–Kier alpha value is 0.0249. The summed E-state index contributed by atoms with van der Waals surface area (Å²) in [5.41, 5.74) is 0. The van der Waals surface area contributed by atoms with Gasteiger partial charge in [0.25, 0.3) is 0 Å². The molecular weight excluding hydrogens is 133 g/mol. The van der Waals surface area contributed by atoms with Crippen LogP contribution < -0.4 is 5.32 Å². The quantitative estimate of drug-likeness (QED) is 0.606. The molecule has 0 aromatic heterocycles. The zero-order valence-corrected chi connectivity index (χ0v) is 8.86. The van der Waals surface area contributed by atoms with Gasteiger partial charge in [0, 0.05) is 6.04 Å². The van der Waals surface area contributed by atoms with Gasteiger partial charge in [0.1, 0.15) is 7.85 Å². The van der Waals surface area contributed by atoms with Crippen molar-refractivity contribution in [2.75, 3.05) is 6.54 Å². The lowest BCUT2D eigenvalue weighted by Crippen LogP contribution is -2.34. The smallest absolute Gasteiger partial charge is 0.111 e. The summed E-state index contributed by atoms with van der Waals surface area (Å²) in [4.78, 5) is 0. The first-order valence-corrected chi connectivity index (χ1v) is 4.59. The second-order valence-electron chi connectivity index (χ2n) is 4.68. The molecule has 1 nitrogen and oxygen atoms in total. The van der Waals surface area contributed by atoms with Gasteiger partial charge < -0.3 is 5.32 Å². The van der Waals surface area contributed by atoms with Crippen molar-refractivity contribution in [2.24, 2.45) is 5.92 Å². The highest BCUT2D eigenvalue weighted by atomic mass is 14.9. The Morgan fingerprint density at radius 3 is 2.00 bits per heavy atom. The molecule has 1 atom stereocenters. The summed E-state index contributed by atoms with van der Waals surface area (Å²) < 4.78 is 0. The van der Waals surface area contributed by atoms with E-state index < -0.39 is 0 Å². The van der Waals surface area contributed by atoms with E-state index in [1.807, 2.05) is 0 Å². The molecule has 0 radical (unpaired) electrons. The monoisotopic (exact) mass is 155 g/mol. The molecular formula is C9H22BN. The fourth-order valence-electron chi connectivity index (χ4n) is 0.671. The highest BCUT2D eigenvalue weighted by Gasteiger charge is 2.21. The Balaban J connectivity index is 3.73. The van der Waals surface area contributed by atoms with Crippen LogP contribution in [0.5, 0.6) is 0 Å². The van der Waals surface area contributed by atoms with Crippen LogP contribution in [0.15, 0.2) is 0 Å². The largest absolute Gasteiger partial charge is 0.315 e. The highest BCUT2D eigenvalue weighted by molar-refractivity contribution is 6.15. The predicted molar refractivity (Wildman–Crippen MR) is 54.9 cm³/mol. The lowest BCUT2D eigenvalue weighted by molar-refractivity contribution is 0.399. The number of rotatable bonds is 4. The number of hydrogen-bond donors (Lipinski definition) is 1. The second kappa shape index (κ2) is 4.15. The lowest BCUT2D eigenvalue weighted by atomic mass is 9.63. The van der Waals surface area contributed by atoms with Gasteiger partial charge in [-0.25, -0.2) is 0 Å². The Morgan fingerprint density at radius 2 is 1.73 bits per heavy atom. The first kappa shape index (κ1) is 11.0. The molecule has 0 aliphatic rings. The third-order valence-corrected chi connectivity index (χ3v) is 2.53. The summed E-state index contributed by atoms with van der Waals surface area (Å²) in [5, 5.41) is 3.89. The topological polar surface area (TPSA) is 12.0 Å². The zero-order chi connectivity index (χ0) is 9.07. The fourth-order valence-corrected chi connectivity index (χ4v) is 0.671. The Kier molecular flexibility index (Phi) is 4.16. The van der Waals surface area contributed by atoms with Crippen molar-refractivity contribution in [3.05, 3.63) is 0 Å². The summed E-state index contributed by atoms with van der Waals surface area (Å²) in [6, 6.07) is 0.605. The van der Waals surface area contributed by atoms with E-state index in [4.69, 9.17) is 0 Å². The van der Waals surface area contributed by atoms with E-state index >= 15 is 0 Å². The summed E-state index contributed by atoms with van der Waals surface area (Å²) in [5.74, 6) is 0.744. The molecule has 0 aromatic carbocycles. The van der Waals surface area contributed by atoms with Crippen molar-refractivity contribution in [3.8, 4) is 0 Å². The molecule has 2 heteroatoms. The van der Waals surface area contributed by atoms with E-state index in [2.05, 4.69) is 47.8 Å². The zero-order valence-electron chi connectivity index (χ0n) is 8.86. The molecule has 0 saturated carbocycles. The van der Waals surface area contributed by atoms with Crippen LogP contribution >= 0.6 is 0 Å². The van der Waals surface area contributed by atoms with E-state index in [-0.39, 0.29) is 0 Å². The van der Waals surface area contributed by atoms with E-state index in [1.165, 1.54) is 0 Å². The first-order valence-electron chi connectivity index (χ1n) is 4.59. The molecule has 0 heterocycles. The molecule has 0 bridgehead atoms. The average molecular weight is 155 g/mol. The molecule has 0 rings (SSSR count). The number of nitrogens with one attached hydrogen (secondary N) is 1. The van der Waals surface area contributed by atoms with E-state index in [1.54, 1.807) is 0 Å². The number of hydrogen-bond acceptors (Lipinski definition) is 1. The maximum absolute atomic E-state index is 3.47. The summed E-state index contributed by atoms with van der Waals surface area (Å²) in [6.07, 6.45) is 0. The van der Waals surface area contributed by atoms with Gasteiger partial charge in [-0.2, -0.15) is 0 Å². The SMILES string of the molecule is BC(C)(CNC(C)C)C(C)C. The average Bonchev–Trinajstić information content (AvgIpc) is 1.84. The molecule has 0 spiro atoms. The molecule has 0 aliphatic heterocycles. The molecule has 0 aliphatic carbocycles. The van der Waals surface area contributed by atoms with Gasteiger partial charge in [-0.3, -0.25) is 0 Å². The standard InChI is InChI=1S/C9H22BN/c1-7(2)9(5,10)6-11-8(3)4/h7-8,11H,6,10H2,1-5H3. The van der Waals surface area contributed by atoms with Crippen molar-refractivity contribution >= 4 is 7.85 Å². The molecule has 1 unspecified atom stereocenters. The molecule has 11 heavy (non-hydrogen) atoms. The van der Waals surface area contributed by atoms with Crippen LogP contribution in [0.4, 0.5) is 0 Å². The van der Waals surface area contributed by atoms with Crippen LogP contribution in [0.2, 0.25) is 5.31 Å². The highest BCUT2D eigenvalue weighted by Crippen LogP contribution is 2.29. The van der Waals surface area contributed by atoms with Gasteiger partial charge in [-0.05, 0) is 17.8 Å². The lowest BCUT2D eigenvalue weighted by Gasteiger charge is -2.30. The van der Waals surface area contributed by atoms with Crippen molar-refractivity contribution in [2.45, 2.75) is 46.0 Å². The minimum atomic E-state index is 0.421. The maximum Gasteiger partial charge on any atom is 0.111 e. The second-order valence-corrected chi connectivity index (χ2v) is 4.68. The van der Waals surface area contributed by atoms with Crippen molar-refractivity contribution in [1.29, 1.82) is 0 Å². The molecule has 0 saturated heterocycles. The van der Waals surface area contributed by atoms with Gasteiger partial charge >= 0.3 is 0 Å². The van der Waals surface area contributed by atoms with Crippen molar-refractivity contribution < 1.29 is 0 Å². The minimum Gasteiger partial charge on any atom is -0.315 e. The third-order valence-electron chi connectivity index (χ3n) is 2.53. The van der Waals surface area contributed by atoms with Crippen LogP contribution in [0.25, 0.3) is 0 Å². The first-order chi connectivity index (χ1) is 4.86. The van der Waals surface area contributed by atoms with Crippen LogP contribution in [0.1, 0.15) is 34.6 Å². The normalized spacial score (nSPS) is 17.4. The predicted octanol–water partition coefficient (Wildman–Crippen LogP) is 1.45. The van der Waals surface area contributed by atoms with Gasteiger partial charge in [0.15, 0.2) is 0 Å².